The Bertz CT molecular complexity index is 345. The number of aldehydes is 1. The van der Waals surface area contributed by atoms with Crippen LogP contribution >= 0.6 is 0 Å². The summed E-state index contributed by atoms with van der Waals surface area (Å²) in [5, 5.41) is 8.61. The molecule has 0 aliphatic carbocycles. The third-order valence-electron chi connectivity index (χ3n) is 1.48. The number of rotatable bonds is 2. The van der Waals surface area contributed by atoms with Gasteiger partial charge >= 0.3 is 5.97 Å². The van der Waals surface area contributed by atoms with Crippen LogP contribution in [0.4, 0.5) is 0 Å². The maximum Gasteiger partial charge on any atom is 0.335 e. The zero-order valence-electron chi connectivity index (χ0n) is 11.0. The molecule has 0 fully saturated rings. The van der Waals surface area contributed by atoms with Crippen molar-refractivity contribution in [1.82, 2.24) is 0 Å². The lowest BCUT2D eigenvalue weighted by Gasteiger charge is -1.97. The van der Waals surface area contributed by atoms with Gasteiger partial charge in [-0.1, -0.05) is 13.8 Å². The van der Waals surface area contributed by atoms with Crippen molar-refractivity contribution >= 4 is 12.3 Å². The number of carbonyl (C=O) groups is 2. The Hall–Kier alpha value is -1.68. The van der Waals surface area contributed by atoms with Crippen LogP contribution in [0.3, 0.4) is 0 Å². The van der Waals surface area contributed by atoms with Crippen LogP contribution < -0.4 is 0 Å². The highest BCUT2D eigenvalue weighted by molar-refractivity contribution is 5.90. The number of carbonyl (C=O) groups excluding carboxylic acids is 1. The molecule has 17 heavy (non-hydrogen) atoms. The molecular formula is C13H20O4. The van der Waals surface area contributed by atoms with Crippen LogP contribution in [0.1, 0.15) is 40.1 Å². The smallest absolute Gasteiger partial charge is 0.335 e. The van der Waals surface area contributed by atoms with Gasteiger partial charge in [0.1, 0.15) is 6.29 Å². The highest BCUT2D eigenvalue weighted by Crippen LogP contribution is 2.07. The van der Waals surface area contributed by atoms with Gasteiger partial charge in [-0.3, -0.25) is 4.79 Å². The number of carboxylic acids is 1. The van der Waals surface area contributed by atoms with E-state index in [0.29, 0.717) is 11.8 Å². The lowest BCUT2D eigenvalue weighted by molar-refractivity contribution is 0.0696. The Morgan fingerprint density at radius 1 is 1.24 bits per heavy atom. The van der Waals surface area contributed by atoms with Crippen LogP contribution in [0.2, 0.25) is 0 Å². The second kappa shape index (κ2) is 10.8. The zero-order valence-corrected chi connectivity index (χ0v) is 11.0. The van der Waals surface area contributed by atoms with Crippen molar-refractivity contribution in [3.8, 4) is 0 Å². The van der Waals surface area contributed by atoms with Crippen LogP contribution in [0.5, 0.6) is 0 Å². The van der Waals surface area contributed by atoms with Crippen LogP contribution in [-0.2, 0) is 4.74 Å². The van der Waals surface area contributed by atoms with Gasteiger partial charge in [0.15, 0.2) is 0 Å². The van der Waals surface area contributed by atoms with Crippen LogP contribution in [0.15, 0.2) is 18.2 Å². The van der Waals surface area contributed by atoms with Crippen molar-refractivity contribution < 1.29 is 19.4 Å². The first kappa shape index (κ1) is 17.7. The van der Waals surface area contributed by atoms with Gasteiger partial charge < -0.3 is 9.84 Å². The lowest BCUT2D eigenvalue weighted by atomic mass is 10.1. The molecule has 4 heteroatoms. The van der Waals surface area contributed by atoms with E-state index < -0.39 is 5.97 Å². The topological polar surface area (TPSA) is 63.6 Å². The van der Waals surface area contributed by atoms with Crippen molar-refractivity contribution in [1.29, 1.82) is 0 Å². The maximum atomic E-state index is 10.5. The molecule has 0 bridgehead atoms. The fourth-order valence-electron chi connectivity index (χ4n) is 1.00. The summed E-state index contributed by atoms with van der Waals surface area (Å²) in [6.45, 7) is 5.75. The number of aromatic carboxylic acids is 1. The maximum absolute atomic E-state index is 10.5. The largest absolute Gasteiger partial charge is 0.478 e. The molecule has 1 aromatic rings. The quantitative estimate of drug-likeness (QED) is 0.807. The van der Waals surface area contributed by atoms with E-state index in [2.05, 4.69) is 4.74 Å². The molecule has 0 atom stereocenters. The SMILES string of the molecule is CC.COC.Cc1cc(C=O)cc(C(=O)O)c1. The Morgan fingerprint density at radius 2 is 1.71 bits per heavy atom. The molecule has 1 N–H and O–H groups in total. The first-order valence-electron chi connectivity index (χ1n) is 5.25. The zero-order chi connectivity index (χ0) is 13.8. The van der Waals surface area contributed by atoms with Gasteiger partial charge in [0.2, 0.25) is 0 Å². The third-order valence-corrected chi connectivity index (χ3v) is 1.48. The van der Waals surface area contributed by atoms with E-state index in [1.54, 1.807) is 27.2 Å². The van der Waals surface area contributed by atoms with Crippen LogP contribution in [0, 0.1) is 6.92 Å². The van der Waals surface area contributed by atoms with E-state index in [-0.39, 0.29) is 5.56 Å². The van der Waals surface area contributed by atoms with Crippen molar-refractivity contribution in [3.63, 3.8) is 0 Å². The lowest BCUT2D eigenvalue weighted by Crippen LogP contribution is -1.98. The van der Waals surface area contributed by atoms with E-state index in [1.807, 2.05) is 13.8 Å². The molecule has 0 spiro atoms. The molecule has 96 valence electrons. The van der Waals surface area contributed by atoms with Gasteiger partial charge in [-0.05, 0) is 30.7 Å². The molecule has 1 rings (SSSR count). The molecule has 0 unspecified atom stereocenters. The van der Waals surface area contributed by atoms with Gasteiger partial charge in [0.25, 0.3) is 0 Å². The fourth-order valence-corrected chi connectivity index (χ4v) is 1.00. The molecule has 0 aromatic heterocycles. The summed E-state index contributed by atoms with van der Waals surface area (Å²) in [5.74, 6) is -1.01. The molecule has 0 saturated carbocycles. The standard InChI is InChI=1S/C9H8O3.C2H6O.C2H6/c1-6-2-7(5-10)4-8(3-6)9(11)12;1-3-2;1-2/h2-5H,1H3,(H,11,12);1-2H3;1-2H3. The summed E-state index contributed by atoms with van der Waals surface area (Å²) < 4.78 is 4.25. The van der Waals surface area contributed by atoms with Crippen LogP contribution in [-0.4, -0.2) is 31.6 Å². The second-order valence-corrected chi connectivity index (χ2v) is 2.96. The van der Waals surface area contributed by atoms with Gasteiger partial charge in [-0.15, -0.1) is 0 Å². The summed E-state index contributed by atoms with van der Waals surface area (Å²) in [6.07, 6.45) is 0.638. The van der Waals surface area contributed by atoms with E-state index in [0.717, 1.165) is 5.56 Å². The van der Waals surface area contributed by atoms with E-state index in [4.69, 9.17) is 5.11 Å². The molecule has 0 amide bonds. The molecular weight excluding hydrogens is 220 g/mol. The van der Waals surface area contributed by atoms with Crippen molar-refractivity contribution in [2.24, 2.45) is 0 Å². The molecule has 0 aliphatic heterocycles. The highest BCUT2D eigenvalue weighted by atomic mass is 16.4. The third kappa shape index (κ3) is 8.16. The average Bonchev–Trinajstić information content (AvgIpc) is 2.31. The van der Waals surface area contributed by atoms with Gasteiger partial charge in [0, 0.05) is 19.8 Å². The fraction of sp³-hybridized carbons (Fsp3) is 0.385. The molecule has 0 saturated heterocycles. The predicted molar refractivity (Wildman–Crippen MR) is 67.8 cm³/mol. The Morgan fingerprint density at radius 3 is 2.06 bits per heavy atom. The Kier molecular flexibility index (Phi) is 11.3. The minimum absolute atomic E-state index is 0.150. The Labute approximate surface area is 102 Å². The molecule has 0 aliphatic rings. The first-order chi connectivity index (χ1) is 8.04. The molecule has 1 aromatic carbocycles. The van der Waals surface area contributed by atoms with Crippen molar-refractivity contribution in [3.05, 3.63) is 34.9 Å². The van der Waals surface area contributed by atoms with E-state index in [9.17, 15) is 9.59 Å². The van der Waals surface area contributed by atoms with E-state index in [1.165, 1.54) is 12.1 Å². The van der Waals surface area contributed by atoms with Crippen molar-refractivity contribution in [2.45, 2.75) is 20.8 Å². The first-order valence-corrected chi connectivity index (χ1v) is 5.25. The number of methoxy groups -OCH3 is 1. The molecule has 0 heterocycles. The summed E-state index contributed by atoms with van der Waals surface area (Å²) >= 11 is 0. The summed E-state index contributed by atoms with van der Waals surface area (Å²) in [7, 11) is 3.25. The number of benzene rings is 1. The number of carboxylic acid groups (broad SMARTS) is 1. The van der Waals surface area contributed by atoms with Gasteiger partial charge in [0.05, 0.1) is 5.56 Å². The second-order valence-electron chi connectivity index (χ2n) is 2.96. The Balaban J connectivity index is 0. The number of hydrogen-bond acceptors (Lipinski definition) is 3. The normalized spacial score (nSPS) is 8.06. The number of hydrogen-bond donors (Lipinski definition) is 1. The summed E-state index contributed by atoms with van der Waals surface area (Å²) in [6, 6.07) is 4.51. The number of aryl methyl sites for hydroxylation is 1. The van der Waals surface area contributed by atoms with Crippen LogP contribution in [0.25, 0.3) is 0 Å². The van der Waals surface area contributed by atoms with Gasteiger partial charge in [-0.25, -0.2) is 4.79 Å². The molecule has 4 nitrogen and oxygen atoms in total. The average molecular weight is 240 g/mol. The minimum Gasteiger partial charge on any atom is -0.478 e. The molecule has 0 radical (unpaired) electrons. The minimum atomic E-state index is -1.01. The summed E-state index contributed by atoms with van der Waals surface area (Å²) in [4.78, 5) is 20.8. The number of ether oxygens (including phenoxy) is 1. The van der Waals surface area contributed by atoms with Crippen molar-refractivity contribution in [2.75, 3.05) is 14.2 Å². The summed E-state index contributed by atoms with van der Waals surface area (Å²) in [5.41, 5.74) is 1.32. The van der Waals surface area contributed by atoms with Gasteiger partial charge in [-0.2, -0.15) is 0 Å². The van der Waals surface area contributed by atoms with E-state index >= 15 is 0 Å². The highest BCUT2D eigenvalue weighted by Gasteiger charge is 2.03. The predicted octanol–water partition coefficient (Wildman–Crippen LogP) is 2.79. The monoisotopic (exact) mass is 240 g/mol.